The number of primary amides is 1. The number of aliphatic hydroxyl groups excluding tert-OH is 1. The molecule has 55 nitrogen and oxygen atoms in total. The highest BCUT2D eigenvalue weighted by atomic mass is 32.2. The fourth-order valence-electron chi connectivity index (χ4n) is 13.8. The summed E-state index contributed by atoms with van der Waals surface area (Å²) in [5, 5.41) is 82.7. The van der Waals surface area contributed by atoms with Crippen LogP contribution in [-0.4, -0.2) is 347 Å². The van der Waals surface area contributed by atoms with E-state index in [0.29, 0.717) is 22.0 Å². The highest BCUT2D eigenvalue weighted by Crippen LogP contribution is 2.23. The minimum absolute atomic E-state index is 0.000743. The molecule has 3 aromatic rings. The van der Waals surface area contributed by atoms with E-state index < -0.39 is 232 Å². The molecule has 56 heteroatoms. The summed E-state index contributed by atoms with van der Waals surface area (Å²) in [6, 6.07) is -3.23. The van der Waals surface area contributed by atoms with Crippen molar-refractivity contribution in [3.63, 3.8) is 0 Å². The van der Waals surface area contributed by atoms with Crippen molar-refractivity contribution in [3.8, 4) is 0 Å². The number of carboxylic acid groups (broad SMARTS) is 1. The number of aliphatic carboxylic acids is 1. The van der Waals surface area contributed by atoms with E-state index in [1.165, 1.54) is 27.7 Å². The molecule has 1 saturated heterocycles. The second-order valence-electron chi connectivity index (χ2n) is 34.3. The van der Waals surface area contributed by atoms with Gasteiger partial charge in [-0.25, -0.2) is 4.79 Å². The minimum Gasteiger partial charge on any atom is -0.481 e. The summed E-state index contributed by atoms with van der Waals surface area (Å²) < 4.78 is 64.1. The lowest BCUT2D eigenvalue weighted by Gasteiger charge is -2.30. The molecule has 0 radical (unpaired) electrons. The molecule has 4 rings (SSSR count). The maximum Gasteiger partial charge on any atom is 0.335 e. The molecule has 0 saturated carbocycles. The number of nitrogens with one attached hydrogen (secondary N) is 20. The topological polar surface area (TPSA) is 854 Å². The largest absolute Gasteiger partial charge is 0.481 e. The van der Waals surface area contributed by atoms with E-state index in [9.17, 15) is 105 Å². The van der Waals surface area contributed by atoms with E-state index in [4.69, 9.17) is 72.1 Å². The molecule has 1 fully saturated rings. The van der Waals surface area contributed by atoms with Gasteiger partial charge in [0.05, 0.1) is 111 Å². The predicted molar refractivity (Wildman–Crippen MR) is 517 cm³/mol. The van der Waals surface area contributed by atoms with Gasteiger partial charge in [0.1, 0.15) is 72.5 Å². The van der Waals surface area contributed by atoms with Gasteiger partial charge in [-0.2, -0.15) is 8.42 Å². The van der Waals surface area contributed by atoms with Crippen LogP contribution in [0.5, 0.6) is 0 Å². The molecule has 808 valence electrons. The van der Waals surface area contributed by atoms with Crippen LogP contribution in [0.2, 0.25) is 0 Å². The van der Waals surface area contributed by atoms with Gasteiger partial charge in [-0.1, -0.05) is 82.6 Å². The van der Waals surface area contributed by atoms with Crippen LogP contribution in [0.15, 0.2) is 60.8 Å². The third-order valence-electron chi connectivity index (χ3n) is 21.9. The number of carboxylic acids is 1. The highest BCUT2D eigenvalue weighted by molar-refractivity contribution is 7.87. The number of guanidine groups is 3. The number of carbonyl (C=O) groups excluding carboxylic acids is 17. The number of amides is 16. The fraction of sp³-hybridized carbons (Fsp3) is 0.607. The monoisotopic (exact) mass is 2070 g/mol. The number of imide groups is 1. The Labute approximate surface area is 837 Å². The lowest BCUT2D eigenvalue weighted by molar-refractivity contribution is -0.198. The molecular formula is C89H141N25O30S. The van der Waals surface area contributed by atoms with Gasteiger partial charge >= 0.3 is 11.9 Å². The number of fused-ring (bicyclic) bond motifs is 1. The Morgan fingerprint density at radius 3 is 1.33 bits per heavy atom. The molecule has 2 heterocycles. The zero-order chi connectivity index (χ0) is 108. The number of benzene rings is 2. The van der Waals surface area contributed by atoms with Crippen molar-refractivity contribution < 1.29 is 143 Å². The summed E-state index contributed by atoms with van der Waals surface area (Å²) in [5.41, 5.74) is 23.8. The molecule has 0 aliphatic carbocycles. The second-order valence-corrected chi connectivity index (χ2v) is 35.9. The van der Waals surface area contributed by atoms with E-state index >= 15 is 0 Å². The van der Waals surface area contributed by atoms with Crippen molar-refractivity contribution in [1.29, 1.82) is 16.2 Å². The number of aromatic amines is 1. The molecule has 1 unspecified atom stereocenters. The molecule has 1 aromatic heterocycles. The van der Waals surface area contributed by atoms with Crippen molar-refractivity contribution in [2.75, 3.05) is 105 Å². The molecule has 2 aromatic carbocycles. The molecule has 15 atom stereocenters. The number of aromatic nitrogens is 1. The number of aliphatic hydroxyl groups is 1. The van der Waals surface area contributed by atoms with Gasteiger partial charge in [0.25, 0.3) is 21.9 Å². The number of H-pyrrole nitrogens is 1. The maximum atomic E-state index is 14.8. The Bertz CT molecular complexity index is 4960. The van der Waals surface area contributed by atoms with Crippen molar-refractivity contribution in [2.24, 2.45) is 34.8 Å². The van der Waals surface area contributed by atoms with Crippen LogP contribution in [0, 0.1) is 28.1 Å². The smallest absolute Gasteiger partial charge is 0.335 e. The summed E-state index contributed by atoms with van der Waals surface area (Å²) in [4.78, 5) is 252. The Balaban J connectivity index is 1.34. The molecule has 145 heavy (non-hydrogen) atoms. The number of hydrogen-bond donors (Lipinski definition) is 27. The summed E-state index contributed by atoms with van der Waals surface area (Å²) in [7, 11) is -4.86. The van der Waals surface area contributed by atoms with Gasteiger partial charge in [0.2, 0.25) is 82.7 Å². The van der Waals surface area contributed by atoms with E-state index in [2.05, 4.69) is 94.9 Å². The molecule has 0 bridgehead atoms. The normalized spacial score (nSPS) is 15.3. The van der Waals surface area contributed by atoms with Gasteiger partial charge in [0.15, 0.2) is 23.1 Å². The van der Waals surface area contributed by atoms with Crippen molar-refractivity contribution in [1.82, 2.24) is 95.1 Å². The Kier molecular flexibility index (Phi) is 55.6. The number of nitrogens with two attached hydrogens (primary N) is 4. The zero-order valence-electron chi connectivity index (χ0n) is 82.3. The summed E-state index contributed by atoms with van der Waals surface area (Å²) in [6.07, 6.45) is -2.82. The molecule has 31 N–H and O–H groups in total. The van der Waals surface area contributed by atoms with Gasteiger partial charge in [0, 0.05) is 56.0 Å². The van der Waals surface area contributed by atoms with E-state index in [-0.39, 0.29) is 199 Å². The Morgan fingerprint density at radius 1 is 0.462 bits per heavy atom. The number of hydroxylamine groups is 2. The predicted octanol–water partition coefficient (Wildman–Crippen LogP) is -7.48. The van der Waals surface area contributed by atoms with Crippen LogP contribution in [0.3, 0.4) is 0 Å². The lowest BCUT2D eigenvalue weighted by Crippen LogP contribution is -2.62. The number of hydrogen-bond acceptors (Lipinski definition) is 31. The average Bonchev–Trinajstić information content (AvgIpc) is 1.65. The zero-order valence-corrected chi connectivity index (χ0v) is 83.1. The van der Waals surface area contributed by atoms with Crippen LogP contribution in [0.4, 0.5) is 0 Å². The van der Waals surface area contributed by atoms with Crippen LogP contribution < -0.4 is 108 Å². The van der Waals surface area contributed by atoms with Gasteiger partial charge in [-0.15, -0.1) is 5.06 Å². The first-order valence-electron chi connectivity index (χ1n) is 47.0. The van der Waals surface area contributed by atoms with Crippen molar-refractivity contribution in [2.45, 2.75) is 229 Å². The fourth-order valence-corrected chi connectivity index (χ4v) is 14.5. The molecular weight excluding hydrogens is 1930 g/mol. The van der Waals surface area contributed by atoms with Gasteiger partial charge in [-0.05, 0) is 102 Å². The van der Waals surface area contributed by atoms with Crippen molar-refractivity contribution >= 4 is 145 Å². The van der Waals surface area contributed by atoms with E-state index in [0.717, 1.165) is 6.92 Å². The first kappa shape index (κ1) is 123. The van der Waals surface area contributed by atoms with Crippen molar-refractivity contribution in [3.05, 3.63) is 71.9 Å². The number of para-hydroxylation sites is 1. The quantitative estimate of drug-likeness (QED) is 0.00821. The Morgan fingerprint density at radius 2 is 0.862 bits per heavy atom. The van der Waals surface area contributed by atoms with Gasteiger partial charge in [-0.3, -0.25) is 102 Å². The molecule has 1 aliphatic heterocycles. The van der Waals surface area contributed by atoms with Crippen LogP contribution in [-0.2, 0) is 143 Å². The highest BCUT2D eigenvalue weighted by Gasteiger charge is 2.49. The number of carbonyl (C=O) groups is 18. The Hall–Kier alpha value is -13.9. The maximum absolute atomic E-state index is 14.8. The van der Waals surface area contributed by atoms with E-state index in [1.807, 2.05) is 0 Å². The third-order valence-corrected chi connectivity index (χ3v) is 22.9. The minimum atomic E-state index is -4.86. The summed E-state index contributed by atoms with van der Waals surface area (Å²) in [5.74, 6) is -20.8. The first-order chi connectivity index (χ1) is 68.6. The van der Waals surface area contributed by atoms with Gasteiger partial charge < -0.3 is 156 Å². The van der Waals surface area contributed by atoms with Crippen LogP contribution in [0.1, 0.15) is 144 Å². The lowest BCUT2D eigenvalue weighted by atomic mass is 9.96. The SMILES string of the molecule is CC[C@H](C)[C@H](NC(=O)[C@@H](NC(=O)[C@H](C)NC(=O)[C@H](CCCNC(=N)N)NC(=O)[C@H](Cc1ccccc1)NC(=O)[C@H](CC(C)C)NC(=O)[C@H](C)NC(=O)[C@H](CCCNC(=N)N)NC(=O)CNC(=O)CCOCCOCCOCCOCCOCCOCCC(=O)ON1C(=O)CC(S(=O)(=O)O)C1=O)[C@@H](C)O)C(=O)N[C@@H](CC(=O)O)C(=O)N[C@@H](C)C(=O)N[C@@H](Cc1c[nH]c2ccccc12)C(=O)N[C@@H](CCCNC(=N)N)C(N)=O. The van der Waals surface area contributed by atoms with E-state index in [1.54, 1.807) is 81.6 Å². The van der Waals surface area contributed by atoms with Crippen LogP contribution >= 0.6 is 0 Å². The first-order valence-corrected chi connectivity index (χ1v) is 48.5. The summed E-state index contributed by atoms with van der Waals surface area (Å²) in [6.45, 7) is 12.6. The molecule has 16 amide bonds. The third kappa shape index (κ3) is 47.9. The average molecular weight is 2070 g/mol. The summed E-state index contributed by atoms with van der Waals surface area (Å²) >= 11 is 0. The van der Waals surface area contributed by atoms with Crippen LogP contribution in [0.25, 0.3) is 10.9 Å². The second kappa shape index (κ2) is 65.4. The number of ether oxygens (including phenoxy) is 6. The standard InChI is InChI=1S/C89H141N25O30S/c1-9-50(4)72(84(132)111-65(45-70(119)120)80(128)104-52(6)76(124)109-64(44-56-47-100-58-21-14-13-20-57(56)58)83(131)106-59(74(90)122)22-15-27-97-87(91)92)112-85(133)73(54(8)115)113-77(125)53(7)103-79(127)61(24-17-29-99-89(95)96)107-82(130)63(43-55-18-11-10-12-19-55)110-81(129)62(42-49(2)3)108-75(123)51(5)102-78(126)60(23-16-28-98-88(93)94)105-68(117)48-101-67(116)25-30-138-32-34-140-36-38-142-40-41-143-39-37-141-35-33-139-31-26-71(121)144-114-69(118)46-66(86(114)134)145(135,136)137/h10-14,18-21,47,49-54,59-66,72-73,100,115H,9,15-17,22-46,48H2,1-8H3,(H2,90,122)(H,101,116)(H,102,126)(H,103,127)(H,104,128)(H,105,117)(H,106,131)(H,107,130)(H,108,123)(H,109,124)(H,110,129)(H,111,132)(H,112,133)(H,113,125)(H,119,120)(H4,91,92,97)(H4,93,94,98)(H4,95,96,99)(H,135,136,137)/t50-,51-,52-,53-,54+,59-,60-,61-,62-,63-,64-,65-,66?,72-,73-/m0/s1. The molecule has 0 spiro atoms. The number of rotatable bonds is 72. The number of nitrogens with zero attached hydrogens (tertiary/aromatic N) is 1. The molecule has 1 aliphatic rings.